The third-order valence-corrected chi connectivity index (χ3v) is 3.59. The van der Waals surface area contributed by atoms with Gasteiger partial charge in [0.05, 0.1) is 10.6 Å². The van der Waals surface area contributed by atoms with Gasteiger partial charge in [0.2, 0.25) is 0 Å². The first-order valence-electron chi connectivity index (χ1n) is 6.88. The maximum atomic E-state index is 12.7. The highest BCUT2D eigenvalue weighted by Gasteiger charge is 2.32. The first-order valence-corrected chi connectivity index (χ1v) is 7.25. The van der Waals surface area contributed by atoms with E-state index in [4.69, 9.17) is 16.1 Å². The lowest BCUT2D eigenvalue weighted by molar-refractivity contribution is -0.137. The second kappa shape index (κ2) is 6.56. The number of aromatic nitrogens is 2. The summed E-state index contributed by atoms with van der Waals surface area (Å²) in [4.78, 5) is 3.71. The van der Waals surface area contributed by atoms with Gasteiger partial charge in [-0.2, -0.15) is 13.2 Å². The van der Waals surface area contributed by atoms with E-state index in [1.165, 1.54) is 6.07 Å². The Morgan fingerprint density at radius 3 is 2.48 bits per heavy atom. The number of oxime groups is 1. The number of hydrogen-bond donors (Lipinski definition) is 1. The van der Waals surface area contributed by atoms with Gasteiger partial charge in [-0.3, -0.25) is 4.98 Å². The molecule has 128 valence electrons. The Bertz CT molecular complexity index is 924. The van der Waals surface area contributed by atoms with Crippen LogP contribution in [0.3, 0.4) is 0 Å². The maximum absolute atomic E-state index is 12.7. The van der Waals surface area contributed by atoms with Gasteiger partial charge in [0.25, 0.3) is 0 Å². The van der Waals surface area contributed by atoms with Crippen molar-refractivity contribution in [2.75, 3.05) is 0 Å². The molecule has 0 saturated heterocycles. The number of hydrogen-bond acceptors (Lipinski definition) is 5. The zero-order chi connectivity index (χ0) is 18.0. The molecule has 1 aromatic carbocycles. The zero-order valence-corrected chi connectivity index (χ0v) is 13.1. The molecule has 0 amide bonds. The van der Waals surface area contributed by atoms with Crippen LogP contribution >= 0.6 is 11.6 Å². The maximum Gasteiger partial charge on any atom is 0.417 e. The molecule has 0 fully saturated rings. The molecule has 5 nitrogen and oxygen atoms in total. The number of benzene rings is 1. The molecular weight excluding hydrogens is 359 g/mol. The van der Waals surface area contributed by atoms with Crippen molar-refractivity contribution in [3.63, 3.8) is 0 Å². The molecule has 0 saturated carbocycles. The normalized spacial score (nSPS) is 12.4. The minimum absolute atomic E-state index is 0.0232. The van der Waals surface area contributed by atoms with Crippen molar-refractivity contribution in [2.45, 2.75) is 6.18 Å². The van der Waals surface area contributed by atoms with Crippen molar-refractivity contribution >= 4 is 17.3 Å². The third kappa shape index (κ3) is 3.48. The smallest absolute Gasteiger partial charge is 0.410 e. The fraction of sp³-hybridized carbons (Fsp3) is 0.0625. The van der Waals surface area contributed by atoms with Crippen molar-refractivity contribution in [1.82, 2.24) is 10.1 Å². The quantitative estimate of drug-likeness (QED) is 0.416. The van der Waals surface area contributed by atoms with Gasteiger partial charge in [0.1, 0.15) is 11.4 Å². The summed E-state index contributed by atoms with van der Waals surface area (Å²) in [6.07, 6.45) is -3.89. The molecule has 3 aromatic rings. The van der Waals surface area contributed by atoms with Crippen molar-refractivity contribution < 1.29 is 22.9 Å². The molecule has 9 heteroatoms. The van der Waals surface area contributed by atoms with E-state index in [2.05, 4.69) is 15.3 Å². The van der Waals surface area contributed by atoms with Crippen LogP contribution in [-0.2, 0) is 6.18 Å². The number of rotatable bonds is 3. The molecule has 0 aliphatic carbocycles. The van der Waals surface area contributed by atoms with Crippen LogP contribution in [0.15, 0.2) is 58.3 Å². The monoisotopic (exact) mass is 367 g/mol. The summed E-state index contributed by atoms with van der Waals surface area (Å²) in [6.45, 7) is 0. The molecule has 0 spiro atoms. The lowest BCUT2D eigenvalue weighted by atomic mass is 10.1. The highest BCUT2D eigenvalue weighted by Crippen LogP contribution is 2.34. The lowest BCUT2D eigenvalue weighted by Crippen LogP contribution is -2.05. The third-order valence-electron chi connectivity index (χ3n) is 3.30. The van der Waals surface area contributed by atoms with Gasteiger partial charge in [0, 0.05) is 17.8 Å². The van der Waals surface area contributed by atoms with Crippen LogP contribution in [0.25, 0.3) is 11.4 Å². The summed E-state index contributed by atoms with van der Waals surface area (Å²) in [5.41, 5.74) is -0.144. The summed E-state index contributed by atoms with van der Waals surface area (Å²) >= 11 is 5.89. The van der Waals surface area contributed by atoms with Crippen LogP contribution in [-0.4, -0.2) is 21.1 Å². The van der Waals surface area contributed by atoms with E-state index in [-0.39, 0.29) is 27.9 Å². The minimum Gasteiger partial charge on any atom is -0.410 e. The molecule has 0 radical (unpaired) electrons. The van der Waals surface area contributed by atoms with Gasteiger partial charge in [-0.1, -0.05) is 52.2 Å². The Hall–Kier alpha value is -2.87. The van der Waals surface area contributed by atoms with Crippen LogP contribution in [0.2, 0.25) is 5.02 Å². The van der Waals surface area contributed by atoms with E-state index in [0.29, 0.717) is 11.8 Å². The fourth-order valence-electron chi connectivity index (χ4n) is 2.13. The summed E-state index contributed by atoms with van der Waals surface area (Å²) < 4.78 is 43.1. The van der Waals surface area contributed by atoms with Gasteiger partial charge in [-0.15, -0.1) is 0 Å². The van der Waals surface area contributed by atoms with Crippen LogP contribution in [0.5, 0.6) is 0 Å². The lowest BCUT2D eigenvalue weighted by Gasteiger charge is -2.07. The second-order valence-corrected chi connectivity index (χ2v) is 5.35. The van der Waals surface area contributed by atoms with E-state index >= 15 is 0 Å². The van der Waals surface area contributed by atoms with Crippen molar-refractivity contribution in [3.05, 3.63) is 70.6 Å². The Labute approximate surface area is 144 Å². The second-order valence-electron chi connectivity index (χ2n) is 4.94. The number of nitrogens with zero attached hydrogens (tertiary/aromatic N) is 3. The minimum atomic E-state index is -4.55. The highest BCUT2D eigenvalue weighted by molar-refractivity contribution is 6.33. The number of pyridine rings is 1. The van der Waals surface area contributed by atoms with Crippen LogP contribution in [0.4, 0.5) is 13.2 Å². The average Bonchev–Trinajstić information content (AvgIpc) is 3.05. The average molecular weight is 368 g/mol. The van der Waals surface area contributed by atoms with Crippen LogP contribution in [0, 0.1) is 0 Å². The SMILES string of the molecule is ON=C(c1ccccc1)c1cc(-c2ncc(C(F)(F)F)cc2Cl)no1. The first kappa shape index (κ1) is 17.0. The van der Waals surface area contributed by atoms with Crippen LogP contribution < -0.4 is 0 Å². The molecule has 0 atom stereocenters. The van der Waals surface area contributed by atoms with E-state index in [1.807, 2.05) is 0 Å². The molecule has 2 aromatic heterocycles. The number of alkyl halides is 3. The van der Waals surface area contributed by atoms with E-state index in [0.717, 1.165) is 6.07 Å². The van der Waals surface area contributed by atoms with Gasteiger partial charge in [-0.05, 0) is 6.07 Å². The van der Waals surface area contributed by atoms with Gasteiger partial charge in [0.15, 0.2) is 11.5 Å². The summed E-state index contributed by atoms with van der Waals surface area (Å²) in [5.74, 6) is 0.112. The van der Waals surface area contributed by atoms with Crippen molar-refractivity contribution in [3.8, 4) is 11.4 Å². The molecular formula is C16H9ClF3N3O2. The van der Waals surface area contributed by atoms with Crippen LogP contribution in [0.1, 0.15) is 16.9 Å². The Morgan fingerprint density at radius 2 is 1.88 bits per heavy atom. The van der Waals surface area contributed by atoms with E-state index < -0.39 is 11.7 Å². The Morgan fingerprint density at radius 1 is 1.16 bits per heavy atom. The molecule has 0 aliphatic heterocycles. The van der Waals surface area contributed by atoms with E-state index in [1.54, 1.807) is 30.3 Å². The Kier molecular flexibility index (Phi) is 4.45. The molecule has 1 N–H and O–H groups in total. The molecule has 3 rings (SSSR count). The largest absolute Gasteiger partial charge is 0.417 e. The molecule has 0 bridgehead atoms. The molecule has 25 heavy (non-hydrogen) atoms. The standard InChI is InChI=1S/C16H9ClF3N3O2/c17-11-6-10(16(18,19)20)8-21-15(11)12-7-13(25-23-12)14(22-24)9-4-2-1-3-5-9/h1-8,24H. The fourth-order valence-corrected chi connectivity index (χ4v) is 2.39. The van der Waals surface area contributed by atoms with Gasteiger partial charge >= 0.3 is 6.18 Å². The Balaban J connectivity index is 1.97. The molecule has 0 unspecified atom stereocenters. The predicted molar refractivity (Wildman–Crippen MR) is 83.6 cm³/mol. The summed E-state index contributed by atoms with van der Waals surface area (Å²) in [5, 5.41) is 15.9. The first-order chi connectivity index (χ1) is 11.9. The van der Waals surface area contributed by atoms with E-state index in [9.17, 15) is 18.4 Å². The number of halogens is 4. The highest BCUT2D eigenvalue weighted by atomic mass is 35.5. The van der Waals surface area contributed by atoms with Crippen molar-refractivity contribution in [1.29, 1.82) is 0 Å². The van der Waals surface area contributed by atoms with Gasteiger partial charge < -0.3 is 9.73 Å². The predicted octanol–water partition coefficient (Wildman–Crippen LogP) is 4.64. The summed E-state index contributed by atoms with van der Waals surface area (Å²) in [6, 6.07) is 10.8. The zero-order valence-electron chi connectivity index (χ0n) is 12.3. The molecule has 2 heterocycles. The molecule has 0 aliphatic rings. The van der Waals surface area contributed by atoms with Gasteiger partial charge in [-0.25, -0.2) is 0 Å². The topological polar surface area (TPSA) is 71.5 Å². The summed E-state index contributed by atoms with van der Waals surface area (Å²) in [7, 11) is 0. The van der Waals surface area contributed by atoms with Crippen molar-refractivity contribution in [2.24, 2.45) is 5.16 Å².